The predicted molar refractivity (Wildman–Crippen MR) is 105 cm³/mol. The van der Waals surface area contributed by atoms with Gasteiger partial charge in [0.2, 0.25) is 5.91 Å². The molecule has 9 heteroatoms. The van der Waals surface area contributed by atoms with Crippen LogP contribution >= 0.6 is 0 Å². The predicted octanol–water partition coefficient (Wildman–Crippen LogP) is 3.38. The molecule has 0 aromatic carbocycles. The lowest BCUT2D eigenvalue weighted by Crippen LogP contribution is -2.49. The van der Waals surface area contributed by atoms with Crippen molar-refractivity contribution in [3.8, 4) is 0 Å². The maximum atomic E-state index is 13.7. The largest absolute Gasteiger partial charge is 0.417 e. The number of piperidine rings is 1. The van der Waals surface area contributed by atoms with Crippen LogP contribution in [0.15, 0.2) is 6.07 Å². The molecule has 2 saturated heterocycles. The number of aromatic nitrogens is 3. The Kier molecular flexibility index (Phi) is 4.57. The molecule has 1 N–H and O–H groups in total. The molecule has 2 unspecified atom stereocenters. The number of halogens is 3. The van der Waals surface area contributed by atoms with Crippen LogP contribution in [-0.4, -0.2) is 50.7 Å². The molecule has 5 rings (SSSR count). The maximum Gasteiger partial charge on any atom is 0.417 e. The second-order valence-corrected chi connectivity index (χ2v) is 9.09. The van der Waals surface area contributed by atoms with Gasteiger partial charge in [0.15, 0.2) is 5.65 Å². The summed E-state index contributed by atoms with van der Waals surface area (Å²) in [4.78, 5) is 19.6. The van der Waals surface area contributed by atoms with Crippen molar-refractivity contribution in [2.24, 2.45) is 0 Å². The van der Waals surface area contributed by atoms with Crippen molar-refractivity contribution >= 4 is 16.9 Å². The highest BCUT2D eigenvalue weighted by molar-refractivity contribution is 5.85. The fourth-order valence-electron chi connectivity index (χ4n) is 5.23. The molecule has 2 aliphatic heterocycles. The molecular weight excluding hydrogens is 395 g/mol. The number of carbonyl (C=O) groups is 1. The van der Waals surface area contributed by atoms with Crippen LogP contribution in [0.3, 0.4) is 0 Å². The van der Waals surface area contributed by atoms with E-state index in [0.717, 1.165) is 44.6 Å². The summed E-state index contributed by atoms with van der Waals surface area (Å²) >= 11 is 0. The quantitative estimate of drug-likeness (QED) is 0.822. The number of hydrogen-bond acceptors (Lipinski definition) is 4. The fourth-order valence-corrected chi connectivity index (χ4v) is 5.23. The average Bonchev–Trinajstić information content (AvgIpc) is 3.44. The number of pyridine rings is 1. The van der Waals surface area contributed by atoms with Crippen molar-refractivity contribution in [2.45, 2.75) is 82.2 Å². The summed E-state index contributed by atoms with van der Waals surface area (Å²) in [7, 11) is 2.14. The minimum atomic E-state index is -4.49. The van der Waals surface area contributed by atoms with E-state index in [9.17, 15) is 18.0 Å². The summed E-state index contributed by atoms with van der Waals surface area (Å²) in [5, 5.41) is 7.34. The SMILES string of the molecule is Cc1nn(CC(=O)NC2CC3CCC(C2)N3C)c2nc(C3CC3)cc(C(F)(F)F)c12. The number of fused-ring (bicyclic) bond motifs is 3. The number of alkyl halides is 3. The molecule has 0 radical (unpaired) electrons. The van der Waals surface area contributed by atoms with E-state index >= 15 is 0 Å². The zero-order chi connectivity index (χ0) is 21.2. The van der Waals surface area contributed by atoms with Crippen molar-refractivity contribution in [2.75, 3.05) is 7.05 Å². The minimum absolute atomic E-state index is 0.00274. The van der Waals surface area contributed by atoms with Crippen molar-refractivity contribution in [1.82, 2.24) is 25.0 Å². The Balaban J connectivity index is 1.40. The van der Waals surface area contributed by atoms with Crippen LogP contribution < -0.4 is 5.32 Å². The summed E-state index contributed by atoms with van der Waals surface area (Å²) in [5.74, 6) is -0.150. The van der Waals surface area contributed by atoms with E-state index in [1.54, 1.807) is 6.92 Å². The molecule has 3 aliphatic rings. The smallest absolute Gasteiger partial charge is 0.352 e. The second kappa shape index (κ2) is 6.93. The number of hydrogen-bond donors (Lipinski definition) is 1. The van der Waals surface area contributed by atoms with E-state index in [1.807, 2.05) is 0 Å². The molecule has 1 amide bonds. The van der Waals surface area contributed by atoms with E-state index in [4.69, 9.17) is 0 Å². The van der Waals surface area contributed by atoms with Crippen LogP contribution in [0, 0.1) is 6.92 Å². The summed E-state index contributed by atoms with van der Waals surface area (Å²) in [6, 6.07) is 2.26. The van der Waals surface area contributed by atoms with E-state index in [1.165, 1.54) is 4.68 Å². The number of nitrogens with one attached hydrogen (secondary N) is 1. The third-order valence-corrected chi connectivity index (χ3v) is 6.95. The lowest BCUT2D eigenvalue weighted by Gasteiger charge is -2.36. The number of nitrogens with zero attached hydrogens (tertiary/aromatic N) is 4. The zero-order valence-electron chi connectivity index (χ0n) is 17.2. The molecule has 162 valence electrons. The average molecular weight is 421 g/mol. The molecule has 2 aromatic heterocycles. The molecule has 3 fully saturated rings. The van der Waals surface area contributed by atoms with Gasteiger partial charge in [0.05, 0.1) is 16.6 Å². The normalized spacial score (nSPS) is 27.0. The highest BCUT2D eigenvalue weighted by atomic mass is 19.4. The zero-order valence-corrected chi connectivity index (χ0v) is 17.2. The van der Waals surface area contributed by atoms with Crippen molar-refractivity contribution in [3.63, 3.8) is 0 Å². The Bertz CT molecular complexity index is 983. The van der Waals surface area contributed by atoms with Gasteiger partial charge in [-0.25, -0.2) is 9.67 Å². The van der Waals surface area contributed by atoms with Gasteiger partial charge in [-0.2, -0.15) is 18.3 Å². The first-order valence-corrected chi connectivity index (χ1v) is 10.7. The highest BCUT2D eigenvalue weighted by Crippen LogP contribution is 2.43. The molecule has 2 aromatic rings. The van der Waals surface area contributed by atoms with E-state index in [0.29, 0.717) is 17.8 Å². The first-order valence-electron chi connectivity index (χ1n) is 10.7. The van der Waals surface area contributed by atoms with Gasteiger partial charge in [-0.05, 0) is 58.6 Å². The Labute approximate surface area is 172 Å². The van der Waals surface area contributed by atoms with Crippen molar-refractivity contribution in [1.29, 1.82) is 0 Å². The van der Waals surface area contributed by atoms with Crippen LogP contribution in [0.25, 0.3) is 11.0 Å². The summed E-state index contributed by atoms with van der Waals surface area (Å²) < 4.78 is 42.5. The molecule has 6 nitrogen and oxygen atoms in total. The number of aryl methyl sites for hydroxylation is 1. The van der Waals surface area contributed by atoms with Crippen molar-refractivity contribution in [3.05, 3.63) is 23.0 Å². The van der Waals surface area contributed by atoms with Crippen LogP contribution in [0.5, 0.6) is 0 Å². The van der Waals surface area contributed by atoms with Gasteiger partial charge in [-0.15, -0.1) is 0 Å². The Morgan fingerprint density at radius 1 is 1.20 bits per heavy atom. The molecule has 0 spiro atoms. The third-order valence-electron chi connectivity index (χ3n) is 6.95. The van der Waals surface area contributed by atoms with E-state index < -0.39 is 11.7 Å². The lowest BCUT2D eigenvalue weighted by molar-refractivity contribution is -0.136. The topological polar surface area (TPSA) is 63.1 Å². The minimum Gasteiger partial charge on any atom is -0.352 e. The Hall–Kier alpha value is -2.16. The first kappa shape index (κ1) is 19.8. The first-order chi connectivity index (χ1) is 14.2. The molecule has 2 bridgehead atoms. The van der Waals surface area contributed by atoms with Gasteiger partial charge >= 0.3 is 6.18 Å². The number of carbonyl (C=O) groups excluding carboxylic acids is 1. The second-order valence-electron chi connectivity index (χ2n) is 9.09. The van der Waals surface area contributed by atoms with E-state index in [-0.39, 0.29) is 41.1 Å². The fraction of sp³-hybridized carbons (Fsp3) is 0.667. The molecular formula is C21H26F3N5O. The summed E-state index contributed by atoms with van der Waals surface area (Å²) in [5.41, 5.74) is 0.147. The van der Waals surface area contributed by atoms with Gasteiger partial charge in [-0.1, -0.05) is 0 Å². The van der Waals surface area contributed by atoms with E-state index in [2.05, 4.69) is 27.3 Å². The van der Waals surface area contributed by atoms with Gasteiger partial charge in [0.25, 0.3) is 0 Å². The van der Waals surface area contributed by atoms with Crippen LogP contribution in [0.4, 0.5) is 13.2 Å². The molecule has 1 saturated carbocycles. The monoisotopic (exact) mass is 421 g/mol. The van der Waals surface area contributed by atoms with Crippen LogP contribution in [-0.2, 0) is 17.5 Å². The van der Waals surface area contributed by atoms with Crippen LogP contribution in [0.2, 0.25) is 0 Å². The summed E-state index contributed by atoms with van der Waals surface area (Å²) in [6.07, 6.45) is 1.36. The third kappa shape index (κ3) is 3.46. The van der Waals surface area contributed by atoms with Gasteiger partial charge in [-0.3, -0.25) is 4.79 Å². The summed E-state index contributed by atoms with van der Waals surface area (Å²) in [6.45, 7) is 1.42. The standard InChI is InChI=1S/C21H26F3N5O/c1-11-19-16(21(22,23)24)9-17(12-3-4-12)26-20(19)29(27-11)10-18(30)25-13-7-14-5-6-15(8-13)28(14)2/h9,12-15H,3-8,10H2,1-2H3,(H,25,30). The van der Waals surface area contributed by atoms with Crippen molar-refractivity contribution < 1.29 is 18.0 Å². The Morgan fingerprint density at radius 2 is 1.87 bits per heavy atom. The number of rotatable bonds is 4. The molecule has 1 aliphatic carbocycles. The van der Waals surface area contributed by atoms with Crippen LogP contribution in [0.1, 0.15) is 61.4 Å². The molecule has 2 atom stereocenters. The van der Waals surface area contributed by atoms with Gasteiger partial charge in [0.1, 0.15) is 6.54 Å². The molecule has 30 heavy (non-hydrogen) atoms. The van der Waals surface area contributed by atoms with Gasteiger partial charge in [0, 0.05) is 29.7 Å². The maximum absolute atomic E-state index is 13.7. The number of amides is 1. The highest BCUT2D eigenvalue weighted by Gasteiger charge is 2.40. The lowest BCUT2D eigenvalue weighted by atomic mass is 9.98. The van der Waals surface area contributed by atoms with Gasteiger partial charge < -0.3 is 10.2 Å². The Morgan fingerprint density at radius 3 is 2.47 bits per heavy atom. The molecule has 4 heterocycles.